The summed E-state index contributed by atoms with van der Waals surface area (Å²) in [6, 6.07) is 7.20. The number of amides is 1. The molecule has 2 N–H and O–H groups in total. The topological polar surface area (TPSA) is 129 Å². The lowest BCUT2D eigenvalue weighted by atomic mass is 10.1. The van der Waals surface area contributed by atoms with Crippen LogP contribution in [-0.4, -0.2) is 69.8 Å². The van der Waals surface area contributed by atoms with Crippen LogP contribution in [0.3, 0.4) is 0 Å². The van der Waals surface area contributed by atoms with Crippen LogP contribution in [0.1, 0.15) is 25.7 Å². The zero-order valence-electron chi connectivity index (χ0n) is 16.2. The van der Waals surface area contributed by atoms with Gasteiger partial charge in [0.25, 0.3) is 0 Å². The summed E-state index contributed by atoms with van der Waals surface area (Å²) in [5.74, 6) is 1.69. The second-order valence-electron chi connectivity index (χ2n) is 7.22. The number of carbonyl (C=O) groups is 1. The first kappa shape index (κ1) is 19.1. The largest absolute Gasteiger partial charge is 0.493 e. The highest BCUT2D eigenvalue weighted by Gasteiger charge is 2.37. The van der Waals surface area contributed by atoms with E-state index in [-0.39, 0.29) is 24.0 Å². The Labute approximate surface area is 168 Å². The third-order valence-electron chi connectivity index (χ3n) is 5.43. The molecule has 10 nitrogen and oxygen atoms in total. The first-order valence-electron chi connectivity index (χ1n) is 9.70. The molecule has 3 atom stereocenters. The lowest BCUT2D eigenvalue weighted by molar-refractivity contribution is -0.133. The van der Waals surface area contributed by atoms with Gasteiger partial charge in [-0.3, -0.25) is 10.1 Å². The molecule has 2 aliphatic heterocycles. The zero-order valence-corrected chi connectivity index (χ0v) is 16.2. The molecule has 3 heterocycles. The highest BCUT2D eigenvalue weighted by atomic mass is 16.5. The fourth-order valence-corrected chi connectivity index (χ4v) is 3.91. The van der Waals surface area contributed by atoms with Gasteiger partial charge in [-0.05, 0) is 49.1 Å². The number of aromatic nitrogens is 4. The number of nitrogens with one attached hydrogen (secondary N) is 2. The minimum absolute atomic E-state index is 0.0265. The lowest BCUT2D eigenvalue weighted by Gasteiger charge is -2.24. The van der Waals surface area contributed by atoms with Crippen LogP contribution in [0.2, 0.25) is 0 Å². The number of rotatable bonds is 6. The Morgan fingerprint density at radius 3 is 3.00 bits per heavy atom. The van der Waals surface area contributed by atoms with Gasteiger partial charge in [-0.2, -0.15) is 10.5 Å². The summed E-state index contributed by atoms with van der Waals surface area (Å²) in [5.41, 5.74) is 0.769. The van der Waals surface area contributed by atoms with E-state index in [1.165, 1.54) is 0 Å². The van der Waals surface area contributed by atoms with E-state index in [2.05, 4.69) is 32.0 Å². The summed E-state index contributed by atoms with van der Waals surface area (Å²) in [6.07, 6.45) is 3.24. The van der Waals surface area contributed by atoms with Crippen molar-refractivity contribution < 1.29 is 14.3 Å². The average Bonchev–Trinajstić information content (AvgIpc) is 3.52. The van der Waals surface area contributed by atoms with Gasteiger partial charge in [-0.1, -0.05) is 0 Å². The standard InChI is InChI=1S/C19H23N7O3/c1-28-17-9-12(18-22-24-25-23-18)4-7-16(17)29-11-13-5-6-15(21-13)19(27)26-8-2-3-14(26)10-20/h4,7,9,13-15,21H,2-3,5-6,8,11H2,1H3,(H,22,23,24,25)/t13?,14?,15-/m0/s1. The number of hydrogen-bond acceptors (Lipinski definition) is 8. The van der Waals surface area contributed by atoms with Crippen LogP contribution in [0.5, 0.6) is 11.5 Å². The summed E-state index contributed by atoms with van der Waals surface area (Å²) >= 11 is 0. The number of likely N-dealkylation sites (tertiary alicyclic amines) is 1. The van der Waals surface area contributed by atoms with E-state index < -0.39 is 0 Å². The number of nitriles is 1. The van der Waals surface area contributed by atoms with Gasteiger partial charge in [-0.15, -0.1) is 10.2 Å². The second-order valence-corrected chi connectivity index (χ2v) is 7.22. The molecule has 4 rings (SSSR count). The number of nitrogens with zero attached hydrogens (tertiary/aromatic N) is 5. The van der Waals surface area contributed by atoms with Gasteiger partial charge in [0.15, 0.2) is 11.5 Å². The minimum Gasteiger partial charge on any atom is -0.493 e. The molecule has 2 unspecified atom stereocenters. The number of tetrazole rings is 1. The molecule has 10 heteroatoms. The van der Waals surface area contributed by atoms with Gasteiger partial charge in [-0.25, -0.2) is 0 Å². The Kier molecular flexibility index (Phi) is 5.57. The van der Waals surface area contributed by atoms with Crippen LogP contribution in [0.4, 0.5) is 0 Å². The maximum absolute atomic E-state index is 12.7. The van der Waals surface area contributed by atoms with Crippen molar-refractivity contribution in [1.29, 1.82) is 5.26 Å². The van der Waals surface area contributed by atoms with Crippen LogP contribution in [-0.2, 0) is 4.79 Å². The summed E-state index contributed by atoms with van der Waals surface area (Å²) in [4.78, 5) is 14.4. The fourth-order valence-electron chi connectivity index (χ4n) is 3.91. The van der Waals surface area contributed by atoms with Crippen LogP contribution in [0.15, 0.2) is 18.2 Å². The molecule has 152 valence electrons. The summed E-state index contributed by atoms with van der Waals surface area (Å²) in [7, 11) is 1.58. The second kappa shape index (κ2) is 8.45. The SMILES string of the molecule is COc1cc(-c2nn[nH]n2)ccc1OCC1CC[C@@H](C(=O)N2CCCC2C#N)N1. The predicted molar refractivity (Wildman–Crippen MR) is 102 cm³/mol. The zero-order chi connectivity index (χ0) is 20.2. The molecular formula is C19H23N7O3. The monoisotopic (exact) mass is 397 g/mol. The molecule has 1 aromatic carbocycles. The van der Waals surface area contributed by atoms with Crippen LogP contribution in [0, 0.1) is 11.3 Å². The number of H-pyrrole nitrogens is 1. The number of aromatic amines is 1. The smallest absolute Gasteiger partial charge is 0.240 e. The van der Waals surface area contributed by atoms with Crippen molar-refractivity contribution in [2.24, 2.45) is 0 Å². The van der Waals surface area contributed by atoms with Crippen molar-refractivity contribution in [2.45, 2.75) is 43.8 Å². The lowest BCUT2D eigenvalue weighted by Crippen LogP contribution is -2.47. The number of hydrogen-bond donors (Lipinski definition) is 2. The van der Waals surface area contributed by atoms with Gasteiger partial charge in [0.1, 0.15) is 12.6 Å². The Morgan fingerprint density at radius 2 is 2.24 bits per heavy atom. The predicted octanol–water partition coefficient (Wildman–Crippen LogP) is 0.889. The molecule has 0 saturated carbocycles. The third-order valence-corrected chi connectivity index (χ3v) is 5.43. The summed E-state index contributed by atoms with van der Waals surface area (Å²) < 4.78 is 11.4. The molecule has 2 fully saturated rings. The fraction of sp³-hybridized carbons (Fsp3) is 0.526. The van der Waals surface area contributed by atoms with Crippen molar-refractivity contribution in [2.75, 3.05) is 20.3 Å². The van der Waals surface area contributed by atoms with Crippen molar-refractivity contribution in [1.82, 2.24) is 30.8 Å². The maximum atomic E-state index is 12.7. The molecule has 0 aliphatic carbocycles. The van der Waals surface area contributed by atoms with Gasteiger partial charge in [0, 0.05) is 18.2 Å². The van der Waals surface area contributed by atoms with E-state index in [1.54, 1.807) is 18.1 Å². The Morgan fingerprint density at radius 1 is 1.34 bits per heavy atom. The molecule has 1 aromatic heterocycles. The molecule has 2 aromatic rings. The van der Waals surface area contributed by atoms with Gasteiger partial charge < -0.3 is 14.4 Å². The average molecular weight is 397 g/mol. The first-order chi connectivity index (χ1) is 14.2. The Balaban J connectivity index is 1.34. The Hall–Kier alpha value is -3.19. The molecule has 2 saturated heterocycles. The van der Waals surface area contributed by atoms with E-state index in [1.807, 2.05) is 12.1 Å². The van der Waals surface area contributed by atoms with Crippen molar-refractivity contribution in [3.63, 3.8) is 0 Å². The molecule has 0 radical (unpaired) electrons. The van der Waals surface area contributed by atoms with Crippen LogP contribution < -0.4 is 14.8 Å². The van der Waals surface area contributed by atoms with Crippen molar-refractivity contribution in [3.05, 3.63) is 18.2 Å². The van der Waals surface area contributed by atoms with E-state index in [0.29, 0.717) is 30.5 Å². The number of ether oxygens (including phenoxy) is 2. The van der Waals surface area contributed by atoms with Crippen LogP contribution >= 0.6 is 0 Å². The molecule has 1 amide bonds. The molecule has 2 aliphatic rings. The van der Waals surface area contributed by atoms with Gasteiger partial charge in [0.05, 0.1) is 19.2 Å². The Bertz CT molecular complexity index is 896. The minimum atomic E-state index is -0.290. The highest BCUT2D eigenvalue weighted by molar-refractivity contribution is 5.83. The van der Waals surface area contributed by atoms with E-state index in [4.69, 9.17) is 9.47 Å². The van der Waals surface area contributed by atoms with E-state index in [0.717, 1.165) is 31.2 Å². The normalized spacial score (nSPS) is 23.7. The van der Waals surface area contributed by atoms with Crippen molar-refractivity contribution >= 4 is 5.91 Å². The quantitative estimate of drug-likeness (QED) is 0.735. The van der Waals surface area contributed by atoms with E-state index in [9.17, 15) is 10.1 Å². The molecular weight excluding hydrogens is 374 g/mol. The number of methoxy groups -OCH3 is 1. The number of benzene rings is 1. The molecule has 0 bridgehead atoms. The molecule has 0 spiro atoms. The number of carbonyl (C=O) groups excluding carboxylic acids is 1. The first-order valence-corrected chi connectivity index (χ1v) is 9.70. The highest BCUT2D eigenvalue weighted by Crippen LogP contribution is 2.31. The molecule has 29 heavy (non-hydrogen) atoms. The summed E-state index contributed by atoms with van der Waals surface area (Å²) in [6.45, 7) is 1.09. The maximum Gasteiger partial charge on any atom is 0.240 e. The van der Waals surface area contributed by atoms with Gasteiger partial charge >= 0.3 is 0 Å². The van der Waals surface area contributed by atoms with E-state index >= 15 is 0 Å². The van der Waals surface area contributed by atoms with Crippen molar-refractivity contribution in [3.8, 4) is 29.0 Å². The third kappa shape index (κ3) is 4.00. The van der Waals surface area contributed by atoms with Gasteiger partial charge in [0.2, 0.25) is 11.7 Å². The van der Waals surface area contributed by atoms with Crippen LogP contribution in [0.25, 0.3) is 11.4 Å². The summed E-state index contributed by atoms with van der Waals surface area (Å²) in [5, 5.41) is 26.5.